The predicted molar refractivity (Wildman–Crippen MR) is 138 cm³/mol. The van der Waals surface area contributed by atoms with E-state index in [1.54, 1.807) is 12.1 Å². The Morgan fingerprint density at radius 2 is 1.76 bits per heavy atom. The molecular weight excluding hydrogens is 442 g/mol. The van der Waals surface area contributed by atoms with E-state index in [0.717, 1.165) is 64.8 Å². The number of hydrogen-bond acceptors (Lipinski definition) is 4. The van der Waals surface area contributed by atoms with Crippen molar-refractivity contribution in [2.75, 3.05) is 0 Å². The van der Waals surface area contributed by atoms with E-state index in [4.69, 9.17) is 15.1 Å². The molecule has 0 spiro atoms. The molecule has 4 aromatic rings. The van der Waals surface area contributed by atoms with Gasteiger partial charge in [-0.1, -0.05) is 39.0 Å². The van der Waals surface area contributed by atoms with Gasteiger partial charge in [0, 0.05) is 35.5 Å². The van der Waals surface area contributed by atoms with Crippen LogP contribution in [0, 0.1) is 6.92 Å². The van der Waals surface area contributed by atoms with Crippen LogP contribution in [0.2, 0.25) is 0 Å². The highest BCUT2D eigenvalue weighted by Gasteiger charge is 2.26. The lowest BCUT2D eigenvalue weighted by Gasteiger charge is -2.22. The lowest BCUT2D eigenvalue weighted by molar-refractivity contribution is 0.466. The number of benzene rings is 1. The first-order chi connectivity index (χ1) is 16.5. The van der Waals surface area contributed by atoms with Crippen LogP contribution in [-0.2, 0) is 17.5 Å². The van der Waals surface area contributed by atoms with Gasteiger partial charge in [-0.25, -0.2) is 14.3 Å². The average molecular weight is 474 g/mol. The first kappa shape index (κ1) is 24.0. The molecule has 176 valence electrons. The highest BCUT2D eigenvalue weighted by molar-refractivity contribution is 7.82. The van der Waals surface area contributed by atoms with Crippen molar-refractivity contribution in [2.45, 2.75) is 57.9 Å². The summed E-state index contributed by atoms with van der Waals surface area (Å²) < 4.78 is 13.9. The molecule has 1 unspecified atom stereocenters. The summed E-state index contributed by atoms with van der Waals surface area (Å²) in [4.78, 5) is 15.0. The van der Waals surface area contributed by atoms with Crippen molar-refractivity contribution >= 4 is 11.0 Å². The second-order valence-corrected chi connectivity index (χ2v) is 9.34. The molecule has 2 atom stereocenters. The minimum atomic E-state index is -1.49. The molecule has 5 rings (SSSR count). The molecule has 1 aliphatic rings. The predicted octanol–water partition coefficient (Wildman–Crippen LogP) is 5.89. The van der Waals surface area contributed by atoms with E-state index in [1.807, 2.05) is 63.4 Å². The van der Waals surface area contributed by atoms with Crippen LogP contribution in [0.5, 0.6) is 0 Å². The van der Waals surface area contributed by atoms with Gasteiger partial charge in [0.05, 0.1) is 22.0 Å². The number of imidazole rings is 1. The van der Waals surface area contributed by atoms with Gasteiger partial charge in [0.1, 0.15) is 22.5 Å². The molecular formula is C27H31N5OS. The first-order valence-electron chi connectivity index (χ1n) is 11.8. The van der Waals surface area contributed by atoms with Gasteiger partial charge >= 0.3 is 0 Å². The first-order valence-corrected chi connectivity index (χ1v) is 13.0. The Balaban J connectivity index is 0.00000133. The van der Waals surface area contributed by atoms with Crippen LogP contribution in [0.15, 0.2) is 65.7 Å². The number of fused-ring (bicyclic) bond motifs is 1. The second-order valence-electron chi connectivity index (χ2n) is 8.28. The maximum Gasteiger partial charge on any atom is 0.122 e. The van der Waals surface area contributed by atoms with E-state index in [0.29, 0.717) is 10.8 Å². The third kappa shape index (κ3) is 4.72. The van der Waals surface area contributed by atoms with E-state index in [2.05, 4.69) is 22.5 Å². The van der Waals surface area contributed by atoms with Gasteiger partial charge in [-0.05, 0) is 56.2 Å². The van der Waals surface area contributed by atoms with E-state index >= 15 is 0 Å². The van der Waals surface area contributed by atoms with Gasteiger partial charge in [0.2, 0.25) is 0 Å². The molecule has 0 radical (unpaired) electrons. The fourth-order valence-corrected chi connectivity index (χ4v) is 4.80. The number of pyridine rings is 2. The van der Waals surface area contributed by atoms with Gasteiger partial charge in [-0.3, -0.25) is 9.97 Å². The van der Waals surface area contributed by atoms with Crippen LogP contribution in [0.1, 0.15) is 51.0 Å². The number of hydrogen-bond donors (Lipinski definition) is 1. The molecule has 0 saturated heterocycles. The molecule has 34 heavy (non-hydrogen) atoms. The van der Waals surface area contributed by atoms with Gasteiger partial charge in [0.25, 0.3) is 0 Å². The smallest absolute Gasteiger partial charge is 0.122 e. The van der Waals surface area contributed by atoms with Crippen molar-refractivity contribution in [1.82, 2.24) is 19.5 Å². The molecule has 1 aliphatic heterocycles. The normalized spacial score (nSPS) is 15.7. The summed E-state index contributed by atoms with van der Waals surface area (Å²) in [6.45, 7) is 9.20. The van der Waals surface area contributed by atoms with Crippen LogP contribution >= 0.6 is 0 Å². The molecule has 1 aromatic carbocycles. The molecule has 0 bridgehead atoms. The molecule has 0 amide bonds. The number of aromatic nitrogens is 4. The van der Waals surface area contributed by atoms with Crippen molar-refractivity contribution in [1.29, 1.82) is 0 Å². The Hall–Kier alpha value is -3.16. The summed E-state index contributed by atoms with van der Waals surface area (Å²) in [7, 11) is -1.49. The zero-order valence-electron chi connectivity index (χ0n) is 20.2. The average Bonchev–Trinajstić information content (AvgIpc) is 3.26. The summed E-state index contributed by atoms with van der Waals surface area (Å²) in [5, 5.41) is 5.49. The topological polar surface area (TPSA) is 86.7 Å². The van der Waals surface area contributed by atoms with Crippen molar-refractivity contribution in [3.63, 3.8) is 0 Å². The number of nitrogens with two attached hydrogens (primary N) is 1. The molecule has 0 aliphatic carbocycles. The molecule has 0 saturated carbocycles. The Morgan fingerprint density at radius 3 is 2.47 bits per heavy atom. The summed E-state index contributed by atoms with van der Waals surface area (Å²) in [6.07, 6.45) is 4.11. The highest BCUT2D eigenvalue weighted by atomic mass is 32.2. The number of rotatable bonds is 4. The van der Waals surface area contributed by atoms with Gasteiger partial charge in [0.15, 0.2) is 0 Å². The molecule has 4 heterocycles. The Morgan fingerprint density at radius 1 is 1.00 bits per heavy atom. The summed E-state index contributed by atoms with van der Waals surface area (Å²) in [6, 6.07) is 17.6. The van der Waals surface area contributed by atoms with E-state index < -0.39 is 11.0 Å². The lowest BCUT2D eigenvalue weighted by atomic mass is 10.0. The van der Waals surface area contributed by atoms with Crippen molar-refractivity contribution < 1.29 is 4.21 Å². The number of nitrogens with zero attached hydrogens (tertiary/aromatic N) is 4. The largest absolute Gasteiger partial charge is 0.327 e. The van der Waals surface area contributed by atoms with Crippen molar-refractivity contribution in [2.24, 2.45) is 5.14 Å². The zero-order chi connectivity index (χ0) is 24.2. The maximum atomic E-state index is 11.5. The second kappa shape index (κ2) is 10.4. The van der Waals surface area contributed by atoms with E-state index in [1.165, 1.54) is 0 Å². The van der Waals surface area contributed by atoms with Gasteiger partial charge < -0.3 is 4.57 Å². The summed E-state index contributed by atoms with van der Waals surface area (Å²) in [5.41, 5.74) is 6.73. The van der Waals surface area contributed by atoms with E-state index in [9.17, 15) is 4.21 Å². The molecule has 7 heteroatoms. The molecule has 6 nitrogen and oxygen atoms in total. The van der Waals surface area contributed by atoms with Crippen LogP contribution in [0.4, 0.5) is 0 Å². The molecule has 3 aromatic heterocycles. The van der Waals surface area contributed by atoms with Crippen LogP contribution in [0.25, 0.3) is 33.9 Å². The Bertz CT molecular complexity index is 1310. The quantitative estimate of drug-likeness (QED) is 0.400. The Kier molecular flexibility index (Phi) is 7.34. The standard InChI is InChI=1S/C25H25N5OS.C2H6/c1-16-5-4-14-30-24(23(29-25(16)30)21-7-3-6-17(2)28-21)19-12-13-27-22(15-19)18-8-10-20(11-9-18)32(26)31;1-2/h3,6-13,15-16H,4-5,14,26H2,1-2H3;1-2H3/t16-,32?;/m0./s1. The van der Waals surface area contributed by atoms with Gasteiger partial charge in [-0.2, -0.15) is 0 Å². The van der Waals surface area contributed by atoms with E-state index in [-0.39, 0.29) is 0 Å². The third-order valence-electron chi connectivity index (χ3n) is 6.00. The molecule has 2 N–H and O–H groups in total. The Labute approximate surface area is 203 Å². The maximum absolute atomic E-state index is 11.5. The summed E-state index contributed by atoms with van der Waals surface area (Å²) >= 11 is 0. The lowest BCUT2D eigenvalue weighted by Crippen LogP contribution is -2.14. The van der Waals surface area contributed by atoms with Crippen molar-refractivity contribution in [3.8, 4) is 33.9 Å². The van der Waals surface area contributed by atoms with Gasteiger partial charge in [-0.15, -0.1) is 0 Å². The highest BCUT2D eigenvalue weighted by Crippen LogP contribution is 2.38. The molecule has 0 fully saturated rings. The van der Waals surface area contributed by atoms with Crippen molar-refractivity contribution in [3.05, 3.63) is 72.3 Å². The fraction of sp³-hybridized carbons (Fsp3) is 0.296. The van der Waals surface area contributed by atoms with Crippen LogP contribution < -0.4 is 5.14 Å². The van der Waals surface area contributed by atoms with Crippen LogP contribution in [0.3, 0.4) is 0 Å². The minimum absolute atomic E-state index is 0.409. The number of aryl methyl sites for hydroxylation is 1. The monoisotopic (exact) mass is 473 g/mol. The minimum Gasteiger partial charge on any atom is -0.327 e. The third-order valence-corrected chi connectivity index (χ3v) is 6.74. The zero-order valence-corrected chi connectivity index (χ0v) is 21.0. The van der Waals surface area contributed by atoms with Crippen LogP contribution in [-0.4, -0.2) is 23.7 Å². The summed E-state index contributed by atoms with van der Waals surface area (Å²) in [5.74, 6) is 1.53. The fourth-order valence-electron chi connectivity index (χ4n) is 4.40. The SMILES string of the molecule is CC.Cc1cccc(-c2nc3n(c2-c2ccnc(-c4ccc(S(N)=O)cc4)c2)CCC[C@@H]3C)n1.